The summed E-state index contributed by atoms with van der Waals surface area (Å²) in [7, 11) is 0. The molecule has 2 heterocycles. The predicted octanol–water partition coefficient (Wildman–Crippen LogP) is 0.910. The molecular weight excluding hydrogens is 216 g/mol. The summed E-state index contributed by atoms with van der Waals surface area (Å²) in [5, 5.41) is 12.4. The maximum Gasteiger partial charge on any atom is 0.177 e. The molecule has 0 amide bonds. The molecule has 0 spiro atoms. The highest BCUT2D eigenvalue weighted by molar-refractivity contribution is 6.29. The molecule has 0 radical (unpaired) electrons. The van der Waals surface area contributed by atoms with Crippen LogP contribution in [0.3, 0.4) is 0 Å². The lowest BCUT2D eigenvalue weighted by Crippen LogP contribution is -2.10. The molecule has 0 aliphatic heterocycles. The fourth-order valence-corrected chi connectivity index (χ4v) is 1.43. The quantitative estimate of drug-likeness (QED) is 0.585. The normalized spacial score (nSPS) is 10.3. The summed E-state index contributed by atoms with van der Waals surface area (Å²) >= 11 is 5.95. The molecular formula is C8H9ClN6. The SMILES string of the molecule is Cc1cc(Cl)n(-c2ccc(NN)nn2)n1. The highest BCUT2D eigenvalue weighted by atomic mass is 35.5. The Hall–Kier alpha value is -1.66. The van der Waals surface area contributed by atoms with E-state index in [1.54, 1.807) is 18.2 Å². The van der Waals surface area contributed by atoms with Crippen LogP contribution in [0.25, 0.3) is 5.82 Å². The van der Waals surface area contributed by atoms with E-state index in [-0.39, 0.29) is 0 Å². The van der Waals surface area contributed by atoms with Crippen LogP contribution in [0, 0.1) is 6.92 Å². The van der Waals surface area contributed by atoms with Gasteiger partial charge in [-0.25, -0.2) is 10.5 Å². The lowest BCUT2D eigenvalue weighted by atomic mass is 10.5. The summed E-state index contributed by atoms with van der Waals surface area (Å²) in [6, 6.07) is 5.16. The number of nitrogens with two attached hydrogens (primary N) is 1. The predicted molar refractivity (Wildman–Crippen MR) is 56.7 cm³/mol. The second-order valence-corrected chi connectivity index (χ2v) is 3.33. The van der Waals surface area contributed by atoms with E-state index in [1.807, 2.05) is 6.92 Å². The number of rotatable bonds is 2. The van der Waals surface area contributed by atoms with Crippen molar-refractivity contribution in [2.24, 2.45) is 5.84 Å². The molecule has 2 aromatic rings. The van der Waals surface area contributed by atoms with Crippen molar-refractivity contribution in [3.63, 3.8) is 0 Å². The van der Waals surface area contributed by atoms with Gasteiger partial charge in [-0.1, -0.05) is 11.6 Å². The first-order valence-corrected chi connectivity index (χ1v) is 4.61. The number of anilines is 1. The maximum atomic E-state index is 5.95. The van der Waals surface area contributed by atoms with Crippen molar-refractivity contribution in [2.45, 2.75) is 6.92 Å². The average Bonchev–Trinajstić information content (AvgIpc) is 2.58. The molecule has 78 valence electrons. The van der Waals surface area contributed by atoms with Gasteiger partial charge < -0.3 is 5.43 Å². The summed E-state index contributed by atoms with van der Waals surface area (Å²) in [4.78, 5) is 0. The minimum atomic E-state index is 0.485. The van der Waals surface area contributed by atoms with Crippen LogP contribution in [-0.4, -0.2) is 20.0 Å². The number of aryl methyl sites for hydroxylation is 1. The molecule has 2 rings (SSSR count). The van der Waals surface area contributed by atoms with Gasteiger partial charge in [0.2, 0.25) is 0 Å². The van der Waals surface area contributed by atoms with Gasteiger partial charge in [-0.3, -0.25) is 0 Å². The van der Waals surface area contributed by atoms with E-state index >= 15 is 0 Å². The number of nitrogens with zero attached hydrogens (tertiary/aromatic N) is 4. The van der Waals surface area contributed by atoms with E-state index in [0.29, 0.717) is 16.8 Å². The second-order valence-electron chi connectivity index (χ2n) is 2.94. The zero-order chi connectivity index (χ0) is 10.8. The van der Waals surface area contributed by atoms with E-state index in [4.69, 9.17) is 17.4 Å². The molecule has 0 atom stereocenters. The Labute approximate surface area is 91.0 Å². The van der Waals surface area contributed by atoms with Gasteiger partial charge in [-0.05, 0) is 25.1 Å². The summed E-state index contributed by atoms with van der Waals surface area (Å²) < 4.78 is 1.50. The van der Waals surface area contributed by atoms with E-state index in [9.17, 15) is 0 Å². The largest absolute Gasteiger partial charge is 0.307 e. The minimum Gasteiger partial charge on any atom is -0.307 e. The average molecular weight is 225 g/mol. The third-order valence-electron chi connectivity index (χ3n) is 1.80. The van der Waals surface area contributed by atoms with Crippen molar-refractivity contribution < 1.29 is 0 Å². The summed E-state index contributed by atoms with van der Waals surface area (Å²) in [5.41, 5.74) is 3.21. The molecule has 0 aliphatic rings. The molecule has 0 bridgehead atoms. The fourth-order valence-electron chi connectivity index (χ4n) is 1.14. The van der Waals surface area contributed by atoms with Crippen molar-refractivity contribution in [1.82, 2.24) is 20.0 Å². The summed E-state index contributed by atoms with van der Waals surface area (Å²) in [5.74, 6) is 6.20. The first-order valence-electron chi connectivity index (χ1n) is 4.23. The Balaban J connectivity index is 2.41. The molecule has 7 heteroatoms. The van der Waals surface area contributed by atoms with Gasteiger partial charge >= 0.3 is 0 Å². The molecule has 0 aromatic carbocycles. The third-order valence-corrected chi connectivity index (χ3v) is 2.07. The Morgan fingerprint density at radius 2 is 2.20 bits per heavy atom. The van der Waals surface area contributed by atoms with Gasteiger partial charge in [-0.15, -0.1) is 10.2 Å². The number of hydrazine groups is 1. The number of halogens is 1. The van der Waals surface area contributed by atoms with Crippen LogP contribution in [0.15, 0.2) is 18.2 Å². The van der Waals surface area contributed by atoms with Gasteiger partial charge in [0.25, 0.3) is 0 Å². The highest BCUT2D eigenvalue weighted by Gasteiger charge is 2.06. The molecule has 2 aromatic heterocycles. The van der Waals surface area contributed by atoms with E-state index in [1.165, 1.54) is 4.68 Å². The standard InChI is InChI=1S/C8H9ClN6/c1-5-4-6(9)15(14-5)8-3-2-7(11-10)12-13-8/h2-4H,10H2,1H3,(H,11,12). The summed E-state index contributed by atoms with van der Waals surface area (Å²) in [6.45, 7) is 1.85. The zero-order valence-corrected chi connectivity index (χ0v) is 8.73. The lowest BCUT2D eigenvalue weighted by molar-refractivity contribution is 0.805. The Morgan fingerprint density at radius 3 is 2.67 bits per heavy atom. The molecule has 3 N–H and O–H groups in total. The molecule has 0 saturated carbocycles. The van der Waals surface area contributed by atoms with Gasteiger partial charge in [0.1, 0.15) is 5.15 Å². The Kier molecular flexibility index (Phi) is 2.53. The van der Waals surface area contributed by atoms with Gasteiger partial charge in [-0.2, -0.15) is 5.10 Å². The smallest absolute Gasteiger partial charge is 0.177 e. The van der Waals surface area contributed by atoms with Crippen LogP contribution in [0.5, 0.6) is 0 Å². The van der Waals surface area contributed by atoms with Crippen molar-refractivity contribution >= 4 is 17.4 Å². The molecule has 0 fully saturated rings. The number of aromatic nitrogens is 4. The topological polar surface area (TPSA) is 81.7 Å². The zero-order valence-electron chi connectivity index (χ0n) is 7.98. The molecule has 0 unspecified atom stereocenters. The first-order chi connectivity index (χ1) is 7.20. The number of hydrogen-bond donors (Lipinski definition) is 2. The lowest BCUT2D eigenvalue weighted by Gasteiger charge is -2.01. The van der Waals surface area contributed by atoms with Gasteiger partial charge in [0, 0.05) is 0 Å². The fraction of sp³-hybridized carbons (Fsp3) is 0.125. The van der Waals surface area contributed by atoms with Crippen LogP contribution < -0.4 is 11.3 Å². The van der Waals surface area contributed by atoms with Crippen LogP contribution in [0.4, 0.5) is 5.82 Å². The van der Waals surface area contributed by atoms with Gasteiger partial charge in [0.05, 0.1) is 5.69 Å². The van der Waals surface area contributed by atoms with E-state index < -0.39 is 0 Å². The number of nitrogen functional groups attached to an aromatic ring is 1. The Morgan fingerprint density at radius 1 is 1.40 bits per heavy atom. The molecule has 0 aliphatic carbocycles. The second kappa shape index (κ2) is 3.84. The van der Waals surface area contributed by atoms with Crippen LogP contribution in [0.2, 0.25) is 5.15 Å². The van der Waals surface area contributed by atoms with Gasteiger partial charge in [0.15, 0.2) is 11.6 Å². The minimum absolute atomic E-state index is 0.485. The van der Waals surface area contributed by atoms with Crippen LogP contribution in [-0.2, 0) is 0 Å². The first kappa shape index (κ1) is 9.88. The molecule has 6 nitrogen and oxygen atoms in total. The van der Waals surface area contributed by atoms with Crippen molar-refractivity contribution in [1.29, 1.82) is 0 Å². The summed E-state index contributed by atoms with van der Waals surface area (Å²) in [6.07, 6.45) is 0. The van der Waals surface area contributed by atoms with E-state index in [0.717, 1.165) is 5.69 Å². The number of hydrogen-bond acceptors (Lipinski definition) is 5. The van der Waals surface area contributed by atoms with Crippen LogP contribution >= 0.6 is 11.6 Å². The third kappa shape index (κ3) is 1.90. The maximum absolute atomic E-state index is 5.95. The van der Waals surface area contributed by atoms with Crippen molar-refractivity contribution in [3.05, 3.63) is 29.0 Å². The monoisotopic (exact) mass is 224 g/mol. The van der Waals surface area contributed by atoms with Crippen molar-refractivity contribution in [2.75, 3.05) is 5.43 Å². The molecule has 15 heavy (non-hydrogen) atoms. The van der Waals surface area contributed by atoms with Crippen LogP contribution in [0.1, 0.15) is 5.69 Å². The molecule has 0 saturated heterocycles. The van der Waals surface area contributed by atoms with Crippen molar-refractivity contribution in [3.8, 4) is 5.82 Å². The highest BCUT2D eigenvalue weighted by Crippen LogP contribution is 2.15. The van der Waals surface area contributed by atoms with E-state index in [2.05, 4.69) is 20.7 Å². The number of nitrogens with one attached hydrogen (secondary N) is 1. The Bertz CT molecular complexity index is 462.